The second-order valence-corrected chi connectivity index (χ2v) is 12.0. The van der Waals surface area contributed by atoms with Gasteiger partial charge in [-0.2, -0.15) is 0 Å². The highest BCUT2D eigenvalue weighted by molar-refractivity contribution is 5.85. The van der Waals surface area contributed by atoms with Crippen molar-refractivity contribution in [1.29, 1.82) is 0 Å². The molecule has 5 aromatic rings. The van der Waals surface area contributed by atoms with E-state index in [-0.39, 0.29) is 42.3 Å². The molecular formula is C36H39F3N6O3. The second-order valence-electron chi connectivity index (χ2n) is 12.0. The first-order valence-corrected chi connectivity index (χ1v) is 15.8. The fraction of sp³-hybridized carbons (Fsp3) is 0.278. The summed E-state index contributed by atoms with van der Waals surface area (Å²) >= 11 is 0. The number of aryl methyl sites for hydroxylation is 2. The number of H-pyrrole nitrogens is 2. The van der Waals surface area contributed by atoms with E-state index < -0.39 is 17.6 Å². The third-order valence-electron chi connectivity index (χ3n) is 8.29. The van der Waals surface area contributed by atoms with E-state index in [1.54, 1.807) is 42.9 Å². The van der Waals surface area contributed by atoms with Gasteiger partial charge in [-0.3, -0.25) is 4.79 Å². The third kappa shape index (κ3) is 8.56. The van der Waals surface area contributed by atoms with Gasteiger partial charge in [0.15, 0.2) is 11.6 Å². The topological polar surface area (TPSA) is 146 Å². The number of allylic oxidation sites excluding steroid dienone is 1. The third-order valence-corrected chi connectivity index (χ3v) is 8.29. The van der Waals surface area contributed by atoms with Crippen LogP contribution in [0.4, 0.5) is 13.2 Å². The predicted molar refractivity (Wildman–Crippen MR) is 178 cm³/mol. The Balaban J connectivity index is 1.20. The molecule has 3 aromatic carbocycles. The Morgan fingerprint density at radius 1 is 1.02 bits per heavy atom. The Morgan fingerprint density at radius 3 is 2.56 bits per heavy atom. The Morgan fingerprint density at radius 2 is 1.81 bits per heavy atom. The van der Waals surface area contributed by atoms with Gasteiger partial charge in [0, 0.05) is 59.4 Å². The van der Waals surface area contributed by atoms with Crippen molar-refractivity contribution in [3.05, 3.63) is 113 Å². The number of carboxylic acids is 1. The largest absolute Gasteiger partial charge is 0.481 e. The number of fused-ring (bicyclic) bond motifs is 1. The van der Waals surface area contributed by atoms with E-state index >= 15 is 4.39 Å². The Bertz CT molecular complexity index is 1890. The van der Waals surface area contributed by atoms with Crippen molar-refractivity contribution in [1.82, 2.24) is 20.0 Å². The second kappa shape index (κ2) is 15.6. The molecule has 0 saturated heterocycles. The number of benzene rings is 3. The summed E-state index contributed by atoms with van der Waals surface area (Å²) in [4.78, 5) is 20.8. The normalized spacial score (nSPS) is 12.4. The quantitative estimate of drug-likeness (QED) is 0.0538. The molecule has 5 rings (SSSR count). The fourth-order valence-electron chi connectivity index (χ4n) is 5.74. The Labute approximate surface area is 276 Å². The van der Waals surface area contributed by atoms with Gasteiger partial charge in [0.1, 0.15) is 23.2 Å². The summed E-state index contributed by atoms with van der Waals surface area (Å²) in [6.07, 6.45) is 10.0. The standard InChI is InChI=1S/C36H39F3N6O3/c1-22(4-2-5-23-6-3-7-24(34(23)39)9-13-33(46)47)8-10-25(40)20-45(41)21-29-27-14-15-42-32(27)19-31(38)35(29)48-26-11-12-30(37)28(18-26)36-43-16-17-44-36/h3,6-7,11-12,14-20,22,42H,2,4-5,8-10,13,21,40-41H2,1H3,(H,43,44)(H,46,47)/b25-20-. The van der Waals surface area contributed by atoms with Crippen LogP contribution in [-0.2, 0) is 24.2 Å². The van der Waals surface area contributed by atoms with Crippen LogP contribution in [0.1, 0.15) is 55.7 Å². The highest BCUT2D eigenvalue weighted by atomic mass is 19.1. The van der Waals surface area contributed by atoms with Crippen LogP contribution < -0.4 is 16.3 Å². The van der Waals surface area contributed by atoms with Gasteiger partial charge in [0.2, 0.25) is 0 Å². The van der Waals surface area contributed by atoms with Crippen LogP contribution >= 0.6 is 0 Å². The van der Waals surface area contributed by atoms with Gasteiger partial charge < -0.3 is 30.6 Å². The van der Waals surface area contributed by atoms with Crippen molar-refractivity contribution in [2.45, 2.75) is 58.4 Å². The first kappa shape index (κ1) is 34.1. The molecule has 0 saturated carbocycles. The molecule has 0 radical (unpaired) electrons. The summed E-state index contributed by atoms with van der Waals surface area (Å²) < 4.78 is 50.8. The zero-order valence-corrected chi connectivity index (χ0v) is 26.6. The van der Waals surface area contributed by atoms with E-state index in [1.165, 1.54) is 35.5 Å². The molecule has 0 bridgehead atoms. The summed E-state index contributed by atoms with van der Waals surface area (Å²) in [6.45, 7) is 2.18. The molecule has 2 heterocycles. The molecule has 252 valence electrons. The molecule has 0 fully saturated rings. The monoisotopic (exact) mass is 660 g/mol. The van der Waals surface area contributed by atoms with E-state index in [0.717, 1.165) is 19.3 Å². The van der Waals surface area contributed by atoms with Crippen LogP contribution in [0.3, 0.4) is 0 Å². The molecule has 0 aliphatic rings. The zero-order valence-electron chi connectivity index (χ0n) is 26.6. The van der Waals surface area contributed by atoms with Gasteiger partial charge in [0.25, 0.3) is 0 Å². The molecule has 12 heteroatoms. The smallest absolute Gasteiger partial charge is 0.303 e. The number of nitrogens with one attached hydrogen (secondary N) is 2. The number of rotatable bonds is 16. The number of halogens is 3. The summed E-state index contributed by atoms with van der Waals surface area (Å²) in [6, 6.07) is 12.4. The van der Waals surface area contributed by atoms with Crippen LogP contribution in [0.5, 0.6) is 11.5 Å². The SMILES string of the molecule is CC(CCCc1cccc(CCC(=O)O)c1F)CC/C(N)=C/N(N)Cc1c(Oc2ccc(F)c(-c3ncc[nH]3)c2)c(F)cc2[nH]ccc12. The average molecular weight is 661 g/mol. The number of hydrogen-bond acceptors (Lipinski definition) is 6. The minimum absolute atomic E-state index is 0.0426. The Kier molecular flexibility index (Phi) is 11.1. The number of ether oxygens (including phenoxy) is 1. The van der Waals surface area contributed by atoms with Gasteiger partial charge in [-0.1, -0.05) is 31.5 Å². The predicted octanol–water partition coefficient (Wildman–Crippen LogP) is 7.70. The van der Waals surface area contributed by atoms with Crippen molar-refractivity contribution in [2.24, 2.45) is 17.5 Å². The van der Waals surface area contributed by atoms with Gasteiger partial charge >= 0.3 is 5.97 Å². The molecule has 2 aromatic heterocycles. The van der Waals surface area contributed by atoms with E-state index in [2.05, 4.69) is 21.9 Å². The van der Waals surface area contributed by atoms with Crippen molar-refractivity contribution >= 4 is 16.9 Å². The number of carboxylic acid groups (broad SMARTS) is 1. The molecule has 0 aliphatic carbocycles. The lowest BCUT2D eigenvalue weighted by atomic mass is 9.95. The molecular weight excluding hydrogens is 621 g/mol. The number of carbonyl (C=O) groups is 1. The molecule has 9 nitrogen and oxygen atoms in total. The molecule has 0 spiro atoms. The molecule has 0 amide bonds. The van der Waals surface area contributed by atoms with Gasteiger partial charge in [-0.05, 0) is 73.4 Å². The van der Waals surface area contributed by atoms with Gasteiger partial charge in [-0.25, -0.2) is 24.0 Å². The van der Waals surface area contributed by atoms with Crippen molar-refractivity contribution < 1.29 is 27.8 Å². The molecule has 1 unspecified atom stereocenters. The molecule has 0 aliphatic heterocycles. The minimum Gasteiger partial charge on any atom is -0.481 e. The maximum atomic E-state index is 15.5. The van der Waals surface area contributed by atoms with Crippen LogP contribution in [-0.4, -0.2) is 31.0 Å². The molecule has 48 heavy (non-hydrogen) atoms. The zero-order chi connectivity index (χ0) is 34.2. The number of nitrogens with two attached hydrogens (primary N) is 2. The lowest BCUT2D eigenvalue weighted by Crippen LogP contribution is -2.26. The highest BCUT2D eigenvalue weighted by Crippen LogP contribution is 2.36. The number of nitrogens with zero attached hydrogens (tertiary/aromatic N) is 2. The number of hydrogen-bond donors (Lipinski definition) is 5. The lowest BCUT2D eigenvalue weighted by molar-refractivity contribution is -0.136. The fourth-order valence-corrected chi connectivity index (χ4v) is 5.74. The maximum absolute atomic E-state index is 15.5. The molecule has 7 N–H and O–H groups in total. The van der Waals surface area contributed by atoms with Crippen LogP contribution in [0.25, 0.3) is 22.3 Å². The van der Waals surface area contributed by atoms with Crippen molar-refractivity contribution in [3.8, 4) is 22.9 Å². The summed E-state index contributed by atoms with van der Waals surface area (Å²) in [5.74, 6) is 4.78. The number of aliphatic carboxylic acids is 1. The van der Waals surface area contributed by atoms with Crippen molar-refractivity contribution in [2.75, 3.05) is 0 Å². The summed E-state index contributed by atoms with van der Waals surface area (Å²) in [5.41, 5.74) is 9.14. The molecule has 1 atom stereocenters. The summed E-state index contributed by atoms with van der Waals surface area (Å²) in [7, 11) is 0. The van der Waals surface area contributed by atoms with E-state index in [0.29, 0.717) is 57.9 Å². The average Bonchev–Trinajstić information content (AvgIpc) is 3.75. The maximum Gasteiger partial charge on any atom is 0.303 e. The number of aromatic nitrogens is 3. The van der Waals surface area contributed by atoms with E-state index in [1.807, 2.05) is 0 Å². The van der Waals surface area contributed by atoms with Crippen LogP contribution in [0.2, 0.25) is 0 Å². The number of imidazole rings is 1. The van der Waals surface area contributed by atoms with E-state index in [9.17, 15) is 13.6 Å². The number of hydrazine groups is 1. The van der Waals surface area contributed by atoms with Gasteiger partial charge in [0.05, 0.1) is 12.1 Å². The summed E-state index contributed by atoms with van der Waals surface area (Å²) in [5, 5.41) is 11.0. The van der Waals surface area contributed by atoms with Crippen LogP contribution in [0, 0.1) is 23.4 Å². The first-order valence-electron chi connectivity index (χ1n) is 15.8. The van der Waals surface area contributed by atoms with E-state index in [4.69, 9.17) is 21.4 Å². The Hall–Kier alpha value is -5.23. The first-order chi connectivity index (χ1) is 23.1. The number of aromatic amines is 2. The lowest BCUT2D eigenvalue weighted by Gasteiger charge is -2.20. The highest BCUT2D eigenvalue weighted by Gasteiger charge is 2.20. The van der Waals surface area contributed by atoms with Gasteiger partial charge in [-0.15, -0.1) is 0 Å². The minimum atomic E-state index is -0.951. The van der Waals surface area contributed by atoms with Crippen molar-refractivity contribution in [3.63, 3.8) is 0 Å². The van der Waals surface area contributed by atoms with Crippen LogP contribution in [0.15, 0.2) is 79.0 Å².